The van der Waals surface area contributed by atoms with Gasteiger partial charge < -0.3 is 9.80 Å². The van der Waals surface area contributed by atoms with Gasteiger partial charge in [-0.3, -0.25) is 9.52 Å². The van der Waals surface area contributed by atoms with Crippen molar-refractivity contribution in [2.24, 2.45) is 0 Å². The zero-order chi connectivity index (χ0) is 22.7. The molecular weight excluding hydrogens is 426 g/mol. The number of aryl methyl sites for hydroxylation is 1. The highest BCUT2D eigenvalue weighted by Crippen LogP contribution is 2.23. The van der Waals surface area contributed by atoms with Crippen LogP contribution >= 0.6 is 0 Å². The van der Waals surface area contributed by atoms with Crippen LogP contribution in [-0.2, 0) is 10.0 Å². The van der Waals surface area contributed by atoms with E-state index in [-0.39, 0.29) is 5.91 Å². The lowest BCUT2D eigenvalue weighted by molar-refractivity contribution is 0.0746. The Bertz CT molecular complexity index is 1210. The molecule has 1 aliphatic rings. The van der Waals surface area contributed by atoms with Crippen LogP contribution in [0.1, 0.15) is 16.2 Å². The Kier molecular flexibility index (Phi) is 6.09. The van der Waals surface area contributed by atoms with Gasteiger partial charge in [-0.05, 0) is 31.2 Å². The van der Waals surface area contributed by atoms with Gasteiger partial charge in [0, 0.05) is 49.1 Å². The van der Waals surface area contributed by atoms with Gasteiger partial charge >= 0.3 is 0 Å². The molecule has 4 rings (SSSR count). The minimum atomic E-state index is -3.35. The van der Waals surface area contributed by atoms with Crippen molar-refractivity contribution >= 4 is 27.4 Å². The third-order valence-electron chi connectivity index (χ3n) is 5.22. The zero-order valence-electron chi connectivity index (χ0n) is 18.0. The van der Waals surface area contributed by atoms with Crippen molar-refractivity contribution < 1.29 is 13.2 Å². The van der Waals surface area contributed by atoms with Crippen LogP contribution in [0.5, 0.6) is 0 Å². The van der Waals surface area contributed by atoms with Crippen molar-refractivity contribution in [2.75, 3.05) is 42.1 Å². The van der Waals surface area contributed by atoms with E-state index in [1.54, 1.807) is 24.3 Å². The summed E-state index contributed by atoms with van der Waals surface area (Å²) in [7, 11) is -3.35. The van der Waals surface area contributed by atoms with Crippen molar-refractivity contribution in [1.82, 2.24) is 14.9 Å². The first-order valence-electron chi connectivity index (χ1n) is 10.3. The number of benzene rings is 2. The first-order chi connectivity index (χ1) is 15.3. The van der Waals surface area contributed by atoms with Gasteiger partial charge in [0.15, 0.2) is 0 Å². The molecule has 32 heavy (non-hydrogen) atoms. The number of amides is 1. The molecule has 2 aromatic carbocycles. The summed E-state index contributed by atoms with van der Waals surface area (Å²) < 4.78 is 25.1. The van der Waals surface area contributed by atoms with Crippen LogP contribution in [0.3, 0.4) is 0 Å². The van der Waals surface area contributed by atoms with Crippen LogP contribution in [0.15, 0.2) is 60.7 Å². The number of nitrogens with one attached hydrogen (secondary N) is 1. The standard InChI is InChI=1S/C23H25N5O3S/c1-17-24-21(18-6-4-3-5-7-18)16-22(25-17)27-12-14-28(15-13-27)23(29)19-8-10-20(11-9-19)26-32(2,30)31/h3-11,16,26H,12-15H2,1-2H3. The number of rotatable bonds is 5. The van der Waals surface area contributed by atoms with E-state index in [2.05, 4.69) is 19.6 Å². The van der Waals surface area contributed by atoms with Crippen molar-refractivity contribution in [3.63, 3.8) is 0 Å². The molecule has 1 aliphatic heterocycles. The van der Waals surface area contributed by atoms with Crippen LogP contribution in [0, 0.1) is 6.92 Å². The molecule has 8 nitrogen and oxygen atoms in total. The highest BCUT2D eigenvalue weighted by molar-refractivity contribution is 7.92. The SMILES string of the molecule is Cc1nc(-c2ccccc2)cc(N2CCN(C(=O)c3ccc(NS(C)(=O)=O)cc3)CC2)n1. The van der Waals surface area contributed by atoms with E-state index in [1.807, 2.05) is 48.2 Å². The molecule has 1 amide bonds. The Morgan fingerprint density at radius 3 is 2.22 bits per heavy atom. The Balaban J connectivity index is 1.42. The van der Waals surface area contributed by atoms with Gasteiger partial charge in [-0.15, -0.1) is 0 Å². The summed E-state index contributed by atoms with van der Waals surface area (Å²) in [6.45, 7) is 4.38. The molecule has 0 aliphatic carbocycles. The third-order valence-corrected chi connectivity index (χ3v) is 5.83. The lowest BCUT2D eigenvalue weighted by atomic mass is 10.1. The second-order valence-corrected chi connectivity index (χ2v) is 9.50. The molecule has 0 unspecified atom stereocenters. The number of carbonyl (C=O) groups excluding carboxylic acids is 1. The van der Waals surface area contributed by atoms with Gasteiger partial charge in [0.05, 0.1) is 11.9 Å². The predicted molar refractivity (Wildman–Crippen MR) is 125 cm³/mol. The lowest BCUT2D eigenvalue weighted by Crippen LogP contribution is -2.49. The Morgan fingerprint density at radius 2 is 1.59 bits per heavy atom. The molecule has 1 saturated heterocycles. The summed E-state index contributed by atoms with van der Waals surface area (Å²) in [5.41, 5.74) is 2.89. The topological polar surface area (TPSA) is 95.5 Å². The summed E-state index contributed by atoms with van der Waals surface area (Å²) >= 11 is 0. The van der Waals surface area contributed by atoms with Gasteiger partial charge in [0.1, 0.15) is 11.6 Å². The normalized spacial score (nSPS) is 14.3. The minimum Gasteiger partial charge on any atom is -0.353 e. The first-order valence-corrected chi connectivity index (χ1v) is 12.2. The highest BCUT2D eigenvalue weighted by Gasteiger charge is 2.23. The van der Waals surface area contributed by atoms with Crippen LogP contribution in [0.2, 0.25) is 0 Å². The summed E-state index contributed by atoms with van der Waals surface area (Å²) in [5, 5.41) is 0. The van der Waals surface area contributed by atoms with Crippen LogP contribution in [0.25, 0.3) is 11.3 Å². The fraction of sp³-hybridized carbons (Fsp3) is 0.261. The second kappa shape index (κ2) is 8.96. The fourth-order valence-corrected chi connectivity index (χ4v) is 4.25. The van der Waals surface area contributed by atoms with Crippen molar-refractivity contribution in [3.8, 4) is 11.3 Å². The number of hydrogen-bond donors (Lipinski definition) is 1. The maximum atomic E-state index is 12.9. The molecule has 3 aromatic rings. The van der Waals surface area contributed by atoms with Crippen LogP contribution in [0.4, 0.5) is 11.5 Å². The Morgan fingerprint density at radius 1 is 0.938 bits per heavy atom. The predicted octanol–water partition coefficient (Wildman–Crippen LogP) is 2.79. The smallest absolute Gasteiger partial charge is 0.253 e. The van der Waals surface area contributed by atoms with E-state index in [9.17, 15) is 13.2 Å². The number of nitrogens with zero attached hydrogens (tertiary/aromatic N) is 4. The van der Waals surface area contributed by atoms with E-state index in [4.69, 9.17) is 0 Å². The second-order valence-electron chi connectivity index (χ2n) is 7.76. The minimum absolute atomic E-state index is 0.0700. The Hall–Kier alpha value is -3.46. The number of sulfonamides is 1. The molecule has 2 heterocycles. The van der Waals surface area contributed by atoms with E-state index < -0.39 is 10.0 Å². The molecule has 1 fully saturated rings. The number of hydrogen-bond acceptors (Lipinski definition) is 6. The molecule has 0 saturated carbocycles. The van der Waals surface area contributed by atoms with Gasteiger partial charge in [-0.1, -0.05) is 30.3 Å². The number of aromatic nitrogens is 2. The quantitative estimate of drug-likeness (QED) is 0.641. The summed E-state index contributed by atoms with van der Waals surface area (Å²) in [6, 6.07) is 18.5. The molecule has 166 valence electrons. The molecule has 0 spiro atoms. The molecular formula is C23H25N5O3S. The molecule has 0 bridgehead atoms. The average molecular weight is 452 g/mol. The summed E-state index contributed by atoms with van der Waals surface area (Å²) in [6.07, 6.45) is 1.09. The molecule has 0 atom stereocenters. The summed E-state index contributed by atoms with van der Waals surface area (Å²) in [4.78, 5) is 26.0. The van der Waals surface area contributed by atoms with E-state index in [1.165, 1.54) is 0 Å². The highest BCUT2D eigenvalue weighted by atomic mass is 32.2. The monoisotopic (exact) mass is 451 g/mol. The molecule has 1 N–H and O–H groups in total. The van der Waals surface area contributed by atoms with Crippen LogP contribution < -0.4 is 9.62 Å². The van der Waals surface area contributed by atoms with Crippen molar-refractivity contribution in [1.29, 1.82) is 0 Å². The van der Waals surface area contributed by atoms with Gasteiger partial charge in [-0.2, -0.15) is 0 Å². The lowest BCUT2D eigenvalue weighted by Gasteiger charge is -2.35. The average Bonchev–Trinajstić information content (AvgIpc) is 2.78. The maximum absolute atomic E-state index is 12.9. The van der Waals surface area contributed by atoms with E-state index in [0.717, 1.165) is 23.3 Å². The molecule has 0 radical (unpaired) electrons. The van der Waals surface area contributed by atoms with Gasteiger partial charge in [-0.25, -0.2) is 18.4 Å². The van der Waals surface area contributed by atoms with Crippen molar-refractivity contribution in [2.45, 2.75) is 6.92 Å². The molecule has 1 aromatic heterocycles. The number of piperazine rings is 1. The van der Waals surface area contributed by atoms with Crippen LogP contribution in [-0.4, -0.2) is 61.6 Å². The van der Waals surface area contributed by atoms with Gasteiger partial charge in [0.2, 0.25) is 10.0 Å². The third kappa shape index (κ3) is 5.23. The largest absolute Gasteiger partial charge is 0.353 e. The molecule has 9 heteroatoms. The maximum Gasteiger partial charge on any atom is 0.253 e. The first kappa shape index (κ1) is 21.8. The van der Waals surface area contributed by atoms with E-state index in [0.29, 0.717) is 43.3 Å². The summed E-state index contributed by atoms with van der Waals surface area (Å²) in [5.74, 6) is 1.50. The fourth-order valence-electron chi connectivity index (χ4n) is 3.69. The Labute approximate surface area is 188 Å². The number of carbonyl (C=O) groups is 1. The zero-order valence-corrected chi connectivity index (χ0v) is 18.8. The van der Waals surface area contributed by atoms with Gasteiger partial charge in [0.25, 0.3) is 5.91 Å². The van der Waals surface area contributed by atoms with Crippen molar-refractivity contribution in [3.05, 3.63) is 72.1 Å². The number of anilines is 2. The van der Waals surface area contributed by atoms with E-state index >= 15 is 0 Å².